The molecule has 0 bridgehead atoms. The van der Waals surface area contributed by atoms with Gasteiger partial charge in [-0.3, -0.25) is 4.18 Å². The van der Waals surface area contributed by atoms with Gasteiger partial charge >= 0.3 is 6.09 Å². The predicted molar refractivity (Wildman–Crippen MR) is 152 cm³/mol. The van der Waals surface area contributed by atoms with Crippen molar-refractivity contribution < 1.29 is 22.1 Å². The van der Waals surface area contributed by atoms with Crippen LogP contribution >= 0.6 is 0 Å². The van der Waals surface area contributed by atoms with E-state index in [2.05, 4.69) is 30.3 Å². The molecule has 6 nitrogen and oxygen atoms in total. The van der Waals surface area contributed by atoms with Crippen molar-refractivity contribution in [3.63, 3.8) is 0 Å². The summed E-state index contributed by atoms with van der Waals surface area (Å²) in [7, 11) is -3.50. The highest BCUT2D eigenvalue weighted by Crippen LogP contribution is 2.68. The Morgan fingerprint density at radius 2 is 1.79 bits per heavy atom. The van der Waals surface area contributed by atoms with E-state index in [0.29, 0.717) is 10.8 Å². The quantitative estimate of drug-likeness (QED) is 0.173. The van der Waals surface area contributed by atoms with Crippen LogP contribution < -0.4 is 5.32 Å². The van der Waals surface area contributed by atoms with Gasteiger partial charge in [0, 0.05) is 6.54 Å². The van der Waals surface area contributed by atoms with Gasteiger partial charge in [0.1, 0.15) is 0 Å². The van der Waals surface area contributed by atoms with Crippen molar-refractivity contribution in [2.45, 2.75) is 111 Å². The van der Waals surface area contributed by atoms with E-state index in [0.717, 1.165) is 60.2 Å². The molecule has 4 fully saturated rings. The van der Waals surface area contributed by atoms with E-state index < -0.39 is 16.2 Å². The summed E-state index contributed by atoms with van der Waals surface area (Å²) < 4.78 is 31.7. The Balaban J connectivity index is 1.22. The Kier molecular flexibility index (Phi) is 9.60. The predicted octanol–water partition coefficient (Wildman–Crippen LogP) is 7.45. The van der Waals surface area contributed by atoms with Crippen molar-refractivity contribution in [1.29, 1.82) is 0 Å². The molecule has 0 saturated heterocycles. The zero-order valence-corrected chi connectivity index (χ0v) is 25.4. The Bertz CT molecular complexity index is 963. The number of amides is 1. The van der Waals surface area contributed by atoms with E-state index >= 15 is 0 Å². The van der Waals surface area contributed by atoms with Crippen LogP contribution in [0.5, 0.6) is 0 Å². The van der Waals surface area contributed by atoms with Crippen LogP contribution in [0, 0.1) is 46.3 Å². The molecule has 7 heteroatoms. The maximum atomic E-state index is 11.8. The summed E-state index contributed by atoms with van der Waals surface area (Å²) >= 11 is 0. The molecule has 0 aromatic rings. The van der Waals surface area contributed by atoms with E-state index in [4.69, 9.17) is 4.74 Å². The molecule has 1 unspecified atom stereocenters. The summed E-state index contributed by atoms with van der Waals surface area (Å²) in [5.41, 5.74) is 2.19. The number of hydrogen-bond donors (Lipinski definition) is 1. The van der Waals surface area contributed by atoms with E-state index in [1.807, 2.05) is 6.92 Å². The van der Waals surface area contributed by atoms with Crippen LogP contribution in [0.3, 0.4) is 0 Å². The van der Waals surface area contributed by atoms with Crippen LogP contribution in [-0.4, -0.2) is 33.9 Å². The lowest BCUT2D eigenvalue weighted by Crippen LogP contribution is -2.53. The lowest BCUT2D eigenvalue weighted by molar-refractivity contribution is -0.114. The maximum absolute atomic E-state index is 11.8. The third kappa shape index (κ3) is 6.62. The molecular formula is C31H53NO5S. The van der Waals surface area contributed by atoms with E-state index in [1.165, 1.54) is 76.9 Å². The summed E-state index contributed by atoms with van der Waals surface area (Å²) in [4.78, 5) is 11.8. The third-order valence-electron chi connectivity index (χ3n) is 11.6. The van der Waals surface area contributed by atoms with E-state index in [1.54, 1.807) is 0 Å². The summed E-state index contributed by atoms with van der Waals surface area (Å²) in [5, 5.41) is 2.49. The molecular weight excluding hydrogens is 498 g/mol. The van der Waals surface area contributed by atoms with Gasteiger partial charge in [-0.05, 0) is 123 Å². The zero-order chi connectivity index (χ0) is 27.6. The lowest BCUT2D eigenvalue weighted by Gasteiger charge is -2.61. The number of rotatable bonds is 10. The van der Waals surface area contributed by atoms with E-state index in [9.17, 15) is 13.2 Å². The van der Waals surface area contributed by atoms with Crippen molar-refractivity contribution in [2.75, 3.05) is 19.4 Å². The van der Waals surface area contributed by atoms with Gasteiger partial charge in [0.05, 0.1) is 19.1 Å². The summed E-state index contributed by atoms with van der Waals surface area (Å²) in [6.07, 6.45) is 19.8. The fraction of sp³-hybridized carbons (Fsp3) is 0.903. The first-order chi connectivity index (χ1) is 17.9. The third-order valence-corrected chi connectivity index (χ3v) is 12.2. The molecule has 1 amide bonds. The monoisotopic (exact) mass is 551 g/mol. The topological polar surface area (TPSA) is 81.7 Å². The fourth-order valence-electron chi connectivity index (χ4n) is 9.78. The second-order valence-electron chi connectivity index (χ2n) is 13.8. The average Bonchev–Trinajstić information content (AvgIpc) is 3.21. The number of alkyl carbamates (subject to hydrolysis) is 1. The molecule has 0 aliphatic heterocycles. The lowest BCUT2D eigenvalue weighted by atomic mass is 9.44. The first kappa shape index (κ1) is 29.9. The fourth-order valence-corrected chi connectivity index (χ4v) is 10.2. The molecule has 0 aromatic heterocycles. The number of fused-ring (bicyclic) bond motifs is 5. The second-order valence-corrected chi connectivity index (χ2v) is 15.5. The molecule has 38 heavy (non-hydrogen) atoms. The highest BCUT2D eigenvalue weighted by molar-refractivity contribution is 7.85. The first-order valence-corrected chi connectivity index (χ1v) is 17.2. The largest absolute Gasteiger partial charge is 0.418 e. The zero-order valence-electron chi connectivity index (χ0n) is 24.6. The second kappa shape index (κ2) is 12.2. The van der Waals surface area contributed by atoms with Crippen LogP contribution in [0.4, 0.5) is 4.79 Å². The van der Waals surface area contributed by atoms with Crippen molar-refractivity contribution in [3.05, 3.63) is 11.8 Å². The van der Waals surface area contributed by atoms with Gasteiger partial charge in [0.15, 0.2) is 0 Å². The molecule has 1 N–H and O–H groups in total. The number of ether oxygens (including phenoxy) is 1. The SMILES string of the molecule is CC(=COC(=O)NCCOS(C)(=O)=O)CCC[C@@H](C)[C@H]1CC[C@H]2[C@@H]3CCC4CCCC[C@]4(C)[C@H]3CC[C@]12C. The molecule has 218 valence electrons. The van der Waals surface area contributed by atoms with Gasteiger partial charge in [-0.25, -0.2) is 4.79 Å². The summed E-state index contributed by atoms with van der Waals surface area (Å²) in [5.74, 6) is 5.45. The van der Waals surface area contributed by atoms with Crippen LogP contribution in [0.1, 0.15) is 111 Å². The van der Waals surface area contributed by atoms with Gasteiger partial charge in [-0.1, -0.05) is 40.0 Å². The van der Waals surface area contributed by atoms with Crippen molar-refractivity contribution in [3.8, 4) is 0 Å². The number of hydrogen-bond acceptors (Lipinski definition) is 5. The molecule has 4 rings (SSSR count). The maximum Gasteiger partial charge on any atom is 0.412 e. The number of carbonyl (C=O) groups excluding carboxylic acids is 1. The van der Waals surface area contributed by atoms with Gasteiger partial charge < -0.3 is 10.1 Å². The van der Waals surface area contributed by atoms with Crippen molar-refractivity contribution in [1.82, 2.24) is 5.32 Å². The molecule has 0 spiro atoms. The van der Waals surface area contributed by atoms with Crippen LogP contribution in [-0.2, 0) is 19.0 Å². The molecule has 0 aromatic carbocycles. The van der Waals surface area contributed by atoms with Gasteiger partial charge in [-0.2, -0.15) is 8.42 Å². The molecule has 0 heterocycles. The first-order valence-electron chi connectivity index (χ1n) is 15.4. The van der Waals surface area contributed by atoms with Gasteiger partial charge in [-0.15, -0.1) is 0 Å². The Morgan fingerprint density at radius 3 is 2.55 bits per heavy atom. The number of nitrogens with one attached hydrogen (secondary N) is 1. The highest BCUT2D eigenvalue weighted by atomic mass is 32.2. The smallest absolute Gasteiger partial charge is 0.412 e. The minimum absolute atomic E-state index is 0.0822. The molecule has 8 atom stereocenters. The normalized spacial score (nSPS) is 38.0. The summed E-state index contributed by atoms with van der Waals surface area (Å²) in [6.45, 7) is 9.82. The standard InChI is InChI=1S/C31H53NO5S/c1-22(21-36-29(33)32-19-20-37-38(5,34)35)9-8-10-23(2)26-14-15-27-25-13-12-24-11-6-7-17-30(24,3)28(25)16-18-31(26,27)4/h21,23-28H,6-20H2,1-5H3,(H,32,33)/t23-,24?,25+,26-,27+,28+,30+,31-/m1/s1. The van der Waals surface area contributed by atoms with Gasteiger partial charge in [0.25, 0.3) is 10.1 Å². The summed E-state index contributed by atoms with van der Waals surface area (Å²) in [6, 6.07) is 0. The van der Waals surface area contributed by atoms with Gasteiger partial charge in [0.2, 0.25) is 0 Å². The Hall–Kier alpha value is -1.08. The minimum Gasteiger partial charge on any atom is -0.418 e. The van der Waals surface area contributed by atoms with E-state index in [-0.39, 0.29) is 13.2 Å². The van der Waals surface area contributed by atoms with Crippen LogP contribution in [0.15, 0.2) is 11.8 Å². The van der Waals surface area contributed by atoms with Crippen molar-refractivity contribution in [2.24, 2.45) is 46.3 Å². The van der Waals surface area contributed by atoms with Crippen LogP contribution in [0.2, 0.25) is 0 Å². The number of allylic oxidation sites excluding steroid dienone is 1. The van der Waals surface area contributed by atoms with Crippen molar-refractivity contribution >= 4 is 16.2 Å². The molecule has 4 saturated carbocycles. The Labute approximate surface area is 232 Å². The highest BCUT2D eigenvalue weighted by Gasteiger charge is 2.60. The average molecular weight is 552 g/mol. The molecule has 4 aliphatic rings. The van der Waals surface area contributed by atoms with Crippen LogP contribution in [0.25, 0.3) is 0 Å². The number of carbonyl (C=O) groups is 1. The Morgan fingerprint density at radius 1 is 1.03 bits per heavy atom. The minimum atomic E-state index is -3.50. The molecule has 4 aliphatic carbocycles. The molecule has 0 radical (unpaired) electrons.